The lowest BCUT2D eigenvalue weighted by Gasteiger charge is -2.25. The molecule has 0 saturated heterocycles. The predicted molar refractivity (Wildman–Crippen MR) is 121 cm³/mol. The Labute approximate surface area is 187 Å². The van der Waals surface area contributed by atoms with E-state index in [0.717, 1.165) is 9.13 Å². The number of hydrogen-bond donors (Lipinski definition) is 5. The lowest BCUT2D eigenvalue weighted by atomic mass is 9.99. The molecular weight excluding hydrogens is 507 g/mol. The van der Waals surface area contributed by atoms with Crippen LogP contribution in [0.1, 0.15) is 5.56 Å². The maximum absolute atomic E-state index is 12.7. The van der Waals surface area contributed by atoms with Crippen molar-refractivity contribution in [2.75, 3.05) is 11.1 Å². The first-order valence-electron chi connectivity index (χ1n) is 8.74. The highest BCUT2D eigenvalue weighted by molar-refractivity contribution is 14.1. The van der Waals surface area contributed by atoms with E-state index in [1.807, 2.05) is 30.3 Å². The second kappa shape index (κ2) is 11.1. The third kappa shape index (κ3) is 6.93. The maximum Gasteiger partial charge on any atom is 0.329 e. The van der Waals surface area contributed by atoms with Crippen LogP contribution in [-0.4, -0.2) is 45.9 Å². The van der Waals surface area contributed by atoms with Gasteiger partial charge in [-0.2, -0.15) is 12.6 Å². The van der Waals surface area contributed by atoms with Crippen molar-refractivity contribution in [3.05, 3.63) is 63.7 Å². The smallest absolute Gasteiger partial charge is 0.329 e. The predicted octanol–water partition coefficient (Wildman–Crippen LogP) is 2.51. The molecule has 2 aromatic rings. The van der Waals surface area contributed by atoms with Crippen LogP contribution in [0.25, 0.3) is 0 Å². The number of thiol groups is 1. The van der Waals surface area contributed by atoms with Crippen LogP contribution in [0.2, 0.25) is 0 Å². The molecule has 0 aliphatic heterocycles. The Hall–Kier alpha value is -2.27. The average Bonchev–Trinajstić information content (AvgIpc) is 2.70. The highest BCUT2D eigenvalue weighted by atomic mass is 127. The zero-order valence-corrected chi connectivity index (χ0v) is 18.3. The van der Waals surface area contributed by atoms with E-state index in [1.54, 1.807) is 24.3 Å². The van der Waals surface area contributed by atoms with Crippen molar-refractivity contribution in [3.8, 4) is 0 Å². The average molecular weight is 528 g/mol. The Morgan fingerprint density at radius 3 is 2.03 bits per heavy atom. The van der Waals surface area contributed by atoms with Crippen molar-refractivity contribution in [1.29, 1.82) is 0 Å². The molecule has 7 nitrogen and oxygen atoms in total. The third-order valence-corrected chi connectivity index (χ3v) is 5.41. The first kappa shape index (κ1) is 23.0. The molecule has 0 heterocycles. The Balaban J connectivity index is 2.16. The summed E-state index contributed by atoms with van der Waals surface area (Å²) < 4.78 is 0.945. The monoisotopic (exact) mass is 528 g/mol. The first-order chi connectivity index (χ1) is 13.8. The summed E-state index contributed by atoms with van der Waals surface area (Å²) in [5.74, 6) is -3.81. The Morgan fingerprint density at radius 1 is 0.931 bits per heavy atom. The molecule has 1 amide bonds. The largest absolute Gasteiger partial charge is 0.480 e. The number of benzene rings is 2. The number of rotatable bonds is 10. The molecule has 0 aromatic heterocycles. The van der Waals surface area contributed by atoms with Crippen LogP contribution in [0.4, 0.5) is 5.69 Å². The van der Waals surface area contributed by atoms with Crippen LogP contribution in [0.3, 0.4) is 0 Å². The van der Waals surface area contributed by atoms with Gasteiger partial charge in [-0.15, -0.1) is 0 Å². The Kier molecular flexibility index (Phi) is 8.77. The van der Waals surface area contributed by atoms with Gasteiger partial charge in [-0.25, -0.2) is 9.59 Å². The van der Waals surface area contributed by atoms with E-state index < -0.39 is 35.8 Å². The van der Waals surface area contributed by atoms with E-state index in [0.29, 0.717) is 12.1 Å². The molecule has 0 spiro atoms. The van der Waals surface area contributed by atoms with E-state index in [1.165, 1.54) is 0 Å². The molecule has 3 atom stereocenters. The molecule has 0 saturated carbocycles. The second-order valence-corrected chi connectivity index (χ2v) is 7.97. The minimum absolute atomic E-state index is 0.190. The molecule has 0 aliphatic carbocycles. The van der Waals surface area contributed by atoms with Crippen molar-refractivity contribution >= 4 is 58.8 Å². The summed E-state index contributed by atoms with van der Waals surface area (Å²) in [6.45, 7) is 0. The van der Waals surface area contributed by atoms with Crippen molar-refractivity contribution < 1.29 is 24.6 Å². The molecule has 9 heteroatoms. The number of halogens is 1. The fourth-order valence-electron chi connectivity index (χ4n) is 2.71. The maximum atomic E-state index is 12.7. The van der Waals surface area contributed by atoms with Gasteiger partial charge in [0.2, 0.25) is 5.91 Å². The van der Waals surface area contributed by atoms with Gasteiger partial charge in [0.1, 0.15) is 0 Å². The second-order valence-electron chi connectivity index (χ2n) is 6.36. The van der Waals surface area contributed by atoms with Crippen LogP contribution < -0.4 is 10.6 Å². The molecule has 0 aliphatic rings. The van der Waals surface area contributed by atoms with Gasteiger partial charge in [-0.3, -0.25) is 4.79 Å². The van der Waals surface area contributed by atoms with Crippen LogP contribution in [0.15, 0.2) is 54.6 Å². The van der Waals surface area contributed by atoms with Crippen molar-refractivity contribution in [3.63, 3.8) is 0 Å². The molecule has 0 fully saturated rings. The number of amides is 1. The molecule has 0 bridgehead atoms. The highest BCUT2D eigenvalue weighted by Gasteiger charge is 2.36. The lowest BCUT2D eigenvalue weighted by Crippen LogP contribution is -2.56. The SMILES string of the molecule is O=C(NC(C(=O)O)C(Nc1ccc(I)cc1)C(=O)O)C(CS)Cc1ccccc1. The number of carbonyl (C=O) groups is 3. The van der Waals surface area contributed by atoms with E-state index in [9.17, 15) is 24.6 Å². The fourth-order valence-corrected chi connectivity index (χ4v) is 3.37. The number of hydrogen-bond acceptors (Lipinski definition) is 5. The summed E-state index contributed by atoms with van der Waals surface area (Å²) in [7, 11) is 0. The van der Waals surface area contributed by atoms with Crippen LogP contribution in [-0.2, 0) is 20.8 Å². The van der Waals surface area contributed by atoms with Crippen LogP contribution in [0, 0.1) is 9.49 Å². The van der Waals surface area contributed by atoms with Gasteiger partial charge < -0.3 is 20.8 Å². The van der Waals surface area contributed by atoms with Crippen LogP contribution >= 0.6 is 35.2 Å². The number of nitrogens with one attached hydrogen (secondary N) is 2. The quantitative estimate of drug-likeness (QED) is 0.239. The minimum Gasteiger partial charge on any atom is -0.480 e. The van der Waals surface area contributed by atoms with E-state index in [2.05, 4.69) is 45.9 Å². The van der Waals surface area contributed by atoms with Gasteiger partial charge in [-0.1, -0.05) is 30.3 Å². The molecule has 29 heavy (non-hydrogen) atoms. The number of carboxylic acids is 2. The molecular formula is C20H21IN2O5S. The van der Waals surface area contributed by atoms with Gasteiger partial charge in [-0.05, 0) is 58.8 Å². The Bertz CT molecular complexity index is 848. The van der Waals surface area contributed by atoms with Gasteiger partial charge in [0.15, 0.2) is 12.1 Å². The fraction of sp³-hybridized carbons (Fsp3) is 0.250. The standard InChI is InChI=1S/C20H21IN2O5S/c21-14-6-8-15(9-7-14)22-16(19(25)26)17(20(27)28)23-18(24)13(11-29)10-12-4-2-1-3-5-12/h1-9,13,16-17,22,29H,10-11H2,(H,23,24)(H,25,26)(H,27,28). The summed E-state index contributed by atoms with van der Waals surface area (Å²) >= 11 is 6.30. The number of aliphatic carboxylic acids is 2. The molecule has 2 aromatic carbocycles. The number of anilines is 1. The van der Waals surface area contributed by atoms with Crippen molar-refractivity contribution in [2.24, 2.45) is 5.92 Å². The van der Waals surface area contributed by atoms with Gasteiger partial charge in [0.25, 0.3) is 0 Å². The first-order valence-corrected chi connectivity index (χ1v) is 10.5. The van der Waals surface area contributed by atoms with Crippen LogP contribution in [0.5, 0.6) is 0 Å². The summed E-state index contributed by atoms with van der Waals surface area (Å²) in [6.07, 6.45) is 0.366. The van der Waals surface area contributed by atoms with E-state index in [4.69, 9.17) is 0 Å². The molecule has 0 radical (unpaired) electrons. The number of carboxylic acid groups (broad SMARTS) is 2. The third-order valence-electron chi connectivity index (χ3n) is 4.25. The number of carbonyl (C=O) groups excluding carboxylic acids is 1. The summed E-state index contributed by atoms with van der Waals surface area (Å²) in [5.41, 5.74) is 1.34. The lowest BCUT2D eigenvalue weighted by molar-refractivity contribution is -0.148. The highest BCUT2D eigenvalue weighted by Crippen LogP contribution is 2.15. The van der Waals surface area contributed by atoms with Gasteiger partial charge in [0.05, 0.1) is 5.92 Å². The molecule has 4 N–H and O–H groups in total. The molecule has 2 rings (SSSR count). The molecule has 154 valence electrons. The summed E-state index contributed by atoms with van der Waals surface area (Å²) in [5, 5.41) is 24.2. The zero-order valence-electron chi connectivity index (χ0n) is 15.3. The zero-order chi connectivity index (χ0) is 21.4. The van der Waals surface area contributed by atoms with Crippen molar-refractivity contribution in [2.45, 2.75) is 18.5 Å². The van der Waals surface area contributed by atoms with E-state index in [-0.39, 0.29) is 5.75 Å². The topological polar surface area (TPSA) is 116 Å². The van der Waals surface area contributed by atoms with Crippen molar-refractivity contribution in [1.82, 2.24) is 5.32 Å². The molecule has 3 unspecified atom stereocenters. The Morgan fingerprint density at radius 2 is 1.52 bits per heavy atom. The van der Waals surface area contributed by atoms with Gasteiger partial charge in [0, 0.05) is 15.0 Å². The summed E-state index contributed by atoms with van der Waals surface area (Å²) in [6, 6.07) is 12.9. The van der Waals surface area contributed by atoms with E-state index >= 15 is 0 Å². The minimum atomic E-state index is -1.66. The van der Waals surface area contributed by atoms with Gasteiger partial charge >= 0.3 is 11.9 Å². The summed E-state index contributed by atoms with van der Waals surface area (Å²) in [4.78, 5) is 36.2. The normalized spacial score (nSPS) is 13.7.